The van der Waals surface area contributed by atoms with Crippen LogP contribution in [0.1, 0.15) is 96.8 Å². The van der Waals surface area contributed by atoms with Crippen molar-refractivity contribution in [2.45, 2.75) is 90.9 Å². The maximum absolute atomic E-state index is 13.8. The molecule has 5 aromatic rings. The number of hydrogen-bond acceptors (Lipinski definition) is 9. The summed E-state index contributed by atoms with van der Waals surface area (Å²) < 4.78 is 13.3. The van der Waals surface area contributed by atoms with Crippen LogP contribution in [-0.4, -0.2) is 51.2 Å². The number of benzene rings is 3. The molecular formula is C43H46N4O6S. The number of para-hydroxylation sites is 1. The lowest BCUT2D eigenvalue weighted by Gasteiger charge is -2.31. The average molecular weight is 747 g/mol. The predicted molar refractivity (Wildman–Crippen MR) is 212 cm³/mol. The Bertz CT molecular complexity index is 2170. The van der Waals surface area contributed by atoms with E-state index < -0.39 is 17.5 Å². The molecule has 0 unspecified atom stereocenters. The van der Waals surface area contributed by atoms with Crippen molar-refractivity contribution in [3.8, 4) is 16.9 Å². The van der Waals surface area contributed by atoms with Crippen LogP contribution in [0.5, 0.6) is 5.75 Å². The Kier molecular flexibility index (Phi) is 10.7. The summed E-state index contributed by atoms with van der Waals surface area (Å²) in [5.74, 6) is 0.372. The van der Waals surface area contributed by atoms with Gasteiger partial charge in [0.15, 0.2) is 10.8 Å². The molecule has 280 valence electrons. The van der Waals surface area contributed by atoms with Crippen LogP contribution in [-0.2, 0) is 22.5 Å². The molecule has 0 atom stereocenters. The van der Waals surface area contributed by atoms with Gasteiger partial charge in [-0.2, -0.15) is 0 Å². The minimum Gasteiger partial charge on any atom is -0.490 e. The first-order valence-electron chi connectivity index (χ1n) is 18.7. The number of pyridine rings is 1. The van der Waals surface area contributed by atoms with E-state index in [9.17, 15) is 14.4 Å². The number of aryl methyl sites for hydroxylation is 1. The second-order valence-electron chi connectivity index (χ2n) is 15.3. The van der Waals surface area contributed by atoms with Gasteiger partial charge in [0.05, 0.1) is 16.3 Å². The first kappa shape index (κ1) is 37.0. The molecule has 1 fully saturated rings. The van der Waals surface area contributed by atoms with Gasteiger partial charge in [-0.15, -0.1) is 0 Å². The van der Waals surface area contributed by atoms with Crippen molar-refractivity contribution in [2.24, 2.45) is 5.92 Å². The Morgan fingerprint density at radius 1 is 0.944 bits per heavy atom. The standard InChI is InChI=1S/C43H46N4O6S/c1-26-24-30(52-29-15-12-27(13-16-29)14-21-38(48)49)17-18-31(26)32-19-20-37(45-39(32)41(51)53-43(2,3)4)47-23-22-28-8-7-9-33(34(28)25-47)40(50)46-42-44-35-10-5-6-11-36(35)54-42/h5-11,17-20,24,27,29H,12-16,21-23,25H2,1-4H3,(H,48,49)(H,44,46,50)/t27-,29-. The highest BCUT2D eigenvalue weighted by Crippen LogP contribution is 2.36. The summed E-state index contributed by atoms with van der Waals surface area (Å²) in [6.45, 7) is 8.64. The number of thiazole rings is 1. The Hall–Kier alpha value is -5.29. The van der Waals surface area contributed by atoms with Crippen molar-refractivity contribution < 1.29 is 29.0 Å². The van der Waals surface area contributed by atoms with Gasteiger partial charge in [0.1, 0.15) is 17.2 Å². The Morgan fingerprint density at radius 3 is 2.46 bits per heavy atom. The minimum atomic E-state index is -0.738. The fourth-order valence-corrected chi connectivity index (χ4v) is 8.33. The SMILES string of the molecule is Cc1cc(O[C@H]2CC[C@H](CCC(=O)O)CC2)ccc1-c1ccc(N2CCc3cccc(C(=O)Nc4nc5ccccc5s4)c3C2)nc1C(=O)OC(C)(C)C. The second-order valence-corrected chi connectivity index (χ2v) is 16.3. The number of esters is 1. The van der Waals surface area contributed by atoms with Crippen molar-refractivity contribution in [3.63, 3.8) is 0 Å². The normalized spacial score (nSPS) is 17.1. The van der Waals surface area contributed by atoms with E-state index in [2.05, 4.69) is 21.3 Å². The van der Waals surface area contributed by atoms with E-state index in [4.69, 9.17) is 19.6 Å². The largest absolute Gasteiger partial charge is 0.490 e. The van der Waals surface area contributed by atoms with Gasteiger partial charge in [0.2, 0.25) is 0 Å². The molecule has 2 N–H and O–H groups in total. The van der Waals surface area contributed by atoms with Crippen molar-refractivity contribution in [3.05, 3.63) is 101 Å². The third kappa shape index (κ3) is 8.57. The van der Waals surface area contributed by atoms with Crippen molar-refractivity contribution in [2.75, 3.05) is 16.8 Å². The molecular weight excluding hydrogens is 701 g/mol. The molecule has 0 bridgehead atoms. The number of aliphatic carboxylic acids is 1. The number of nitrogens with zero attached hydrogens (tertiary/aromatic N) is 3. The summed E-state index contributed by atoms with van der Waals surface area (Å²) in [6, 6.07) is 23.4. The quantitative estimate of drug-likeness (QED) is 0.134. The number of carbonyl (C=O) groups is 3. The molecule has 3 aromatic carbocycles. The number of rotatable bonds is 10. The lowest BCUT2D eigenvalue weighted by atomic mass is 9.84. The lowest BCUT2D eigenvalue weighted by Crippen LogP contribution is -2.33. The van der Waals surface area contributed by atoms with Gasteiger partial charge in [-0.05, 0) is 137 Å². The Labute approximate surface area is 319 Å². The highest BCUT2D eigenvalue weighted by Gasteiger charge is 2.28. The van der Waals surface area contributed by atoms with Crippen LogP contribution in [0.25, 0.3) is 21.3 Å². The number of anilines is 2. The Balaban J connectivity index is 1.11. The number of carboxylic acid groups (broad SMARTS) is 1. The topological polar surface area (TPSA) is 131 Å². The summed E-state index contributed by atoms with van der Waals surface area (Å²) in [6.07, 6.45) is 5.47. The zero-order valence-corrected chi connectivity index (χ0v) is 32.0. The van der Waals surface area contributed by atoms with Crippen LogP contribution in [0.3, 0.4) is 0 Å². The number of carboxylic acids is 1. The van der Waals surface area contributed by atoms with E-state index in [0.29, 0.717) is 47.5 Å². The van der Waals surface area contributed by atoms with Crippen LogP contribution >= 0.6 is 11.3 Å². The molecule has 11 heteroatoms. The van der Waals surface area contributed by atoms with Gasteiger partial charge < -0.3 is 19.5 Å². The summed E-state index contributed by atoms with van der Waals surface area (Å²) in [4.78, 5) is 50.1. The smallest absolute Gasteiger partial charge is 0.358 e. The monoisotopic (exact) mass is 746 g/mol. The second kappa shape index (κ2) is 15.6. The maximum atomic E-state index is 13.8. The van der Waals surface area contributed by atoms with Gasteiger partial charge in [0.25, 0.3) is 5.91 Å². The van der Waals surface area contributed by atoms with Crippen molar-refractivity contribution >= 4 is 50.3 Å². The molecule has 1 saturated carbocycles. The molecule has 10 nitrogen and oxygen atoms in total. The first-order valence-corrected chi connectivity index (χ1v) is 19.5. The van der Waals surface area contributed by atoms with E-state index in [0.717, 1.165) is 70.3 Å². The predicted octanol–water partition coefficient (Wildman–Crippen LogP) is 9.24. The highest BCUT2D eigenvalue weighted by atomic mass is 32.1. The molecule has 3 heterocycles. The highest BCUT2D eigenvalue weighted by molar-refractivity contribution is 7.22. The maximum Gasteiger partial charge on any atom is 0.358 e. The van der Waals surface area contributed by atoms with Gasteiger partial charge in [0, 0.05) is 30.6 Å². The minimum absolute atomic E-state index is 0.0864. The molecule has 0 saturated heterocycles. The van der Waals surface area contributed by atoms with E-state index in [-0.39, 0.29) is 24.1 Å². The molecule has 2 aromatic heterocycles. The average Bonchev–Trinajstić information content (AvgIpc) is 3.55. The molecule has 0 spiro atoms. The number of amides is 1. The van der Waals surface area contributed by atoms with Gasteiger partial charge in [-0.25, -0.2) is 14.8 Å². The van der Waals surface area contributed by atoms with Crippen LogP contribution in [0.15, 0.2) is 72.8 Å². The zero-order valence-electron chi connectivity index (χ0n) is 31.2. The number of ether oxygens (including phenoxy) is 2. The van der Waals surface area contributed by atoms with E-state index in [1.165, 1.54) is 11.3 Å². The Morgan fingerprint density at radius 2 is 1.72 bits per heavy atom. The van der Waals surface area contributed by atoms with E-state index in [1.807, 2.05) is 94.4 Å². The molecule has 1 amide bonds. The number of aromatic nitrogens is 2. The fraction of sp³-hybridized carbons (Fsp3) is 0.372. The first-order chi connectivity index (χ1) is 25.9. The van der Waals surface area contributed by atoms with Crippen LogP contribution in [0.2, 0.25) is 0 Å². The molecule has 1 aliphatic heterocycles. The summed E-state index contributed by atoms with van der Waals surface area (Å²) >= 11 is 1.44. The van der Waals surface area contributed by atoms with Crippen LogP contribution in [0, 0.1) is 12.8 Å². The summed E-state index contributed by atoms with van der Waals surface area (Å²) in [7, 11) is 0. The van der Waals surface area contributed by atoms with E-state index in [1.54, 1.807) is 0 Å². The number of carbonyl (C=O) groups excluding carboxylic acids is 2. The fourth-order valence-electron chi connectivity index (χ4n) is 7.47. The third-order valence-corrected chi connectivity index (χ3v) is 11.1. The van der Waals surface area contributed by atoms with Crippen molar-refractivity contribution in [1.82, 2.24) is 9.97 Å². The van der Waals surface area contributed by atoms with Gasteiger partial charge >= 0.3 is 11.9 Å². The molecule has 54 heavy (non-hydrogen) atoms. The molecule has 0 radical (unpaired) electrons. The van der Waals surface area contributed by atoms with Crippen LogP contribution in [0.4, 0.5) is 10.9 Å². The molecule has 7 rings (SSSR count). The number of fused-ring (bicyclic) bond motifs is 2. The number of nitrogens with one attached hydrogen (secondary N) is 1. The lowest BCUT2D eigenvalue weighted by molar-refractivity contribution is -0.137. The third-order valence-electron chi connectivity index (χ3n) is 10.2. The summed E-state index contributed by atoms with van der Waals surface area (Å²) in [5.41, 5.74) is 5.44. The summed E-state index contributed by atoms with van der Waals surface area (Å²) in [5, 5.41) is 12.6. The van der Waals surface area contributed by atoms with Gasteiger partial charge in [-0.1, -0.05) is 41.7 Å². The van der Waals surface area contributed by atoms with E-state index >= 15 is 0 Å². The van der Waals surface area contributed by atoms with Crippen LogP contribution < -0.4 is 15.0 Å². The van der Waals surface area contributed by atoms with Crippen molar-refractivity contribution in [1.29, 1.82) is 0 Å². The van der Waals surface area contributed by atoms with Gasteiger partial charge in [-0.3, -0.25) is 14.9 Å². The zero-order chi connectivity index (χ0) is 38.0. The molecule has 2 aliphatic rings. The number of hydrogen-bond donors (Lipinski definition) is 2. The molecule has 1 aliphatic carbocycles.